The predicted octanol–water partition coefficient (Wildman–Crippen LogP) is 2.51. The van der Waals surface area contributed by atoms with Crippen molar-refractivity contribution in [3.05, 3.63) is 66.4 Å². The van der Waals surface area contributed by atoms with E-state index in [2.05, 4.69) is 25.6 Å². The number of rotatable bonds is 5. The highest BCUT2D eigenvalue weighted by Crippen LogP contribution is 2.32. The molecule has 0 bridgehead atoms. The lowest BCUT2D eigenvalue weighted by Crippen LogP contribution is -2.17. The van der Waals surface area contributed by atoms with Crippen molar-refractivity contribution in [2.24, 2.45) is 0 Å². The molecule has 0 fully saturated rings. The number of carbonyl (C=O) groups excluding carboxylic acids is 1. The van der Waals surface area contributed by atoms with Crippen molar-refractivity contribution in [3.63, 3.8) is 0 Å². The second-order valence-electron chi connectivity index (χ2n) is 5.81. The second kappa shape index (κ2) is 7.69. The van der Waals surface area contributed by atoms with Crippen LogP contribution in [0.3, 0.4) is 0 Å². The van der Waals surface area contributed by atoms with Gasteiger partial charge in [0, 0.05) is 30.7 Å². The van der Waals surface area contributed by atoms with Gasteiger partial charge in [-0.3, -0.25) is 9.78 Å². The lowest BCUT2D eigenvalue weighted by Gasteiger charge is -2.18. The van der Waals surface area contributed by atoms with Crippen LogP contribution in [0.4, 0.5) is 11.5 Å². The predicted molar refractivity (Wildman–Crippen MR) is 99.0 cm³/mol. The van der Waals surface area contributed by atoms with Gasteiger partial charge >= 0.3 is 0 Å². The summed E-state index contributed by atoms with van der Waals surface area (Å²) in [5, 5.41) is 5.92. The van der Waals surface area contributed by atoms with Crippen LogP contribution >= 0.6 is 0 Å². The first-order valence-corrected chi connectivity index (χ1v) is 8.44. The molecule has 0 radical (unpaired) electrons. The zero-order valence-electron chi connectivity index (χ0n) is 14.4. The van der Waals surface area contributed by atoms with Crippen LogP contribution in [0.25, 0.3) is 0 Å². The molecule has 2 N–H and O–H groups in total. The van der Waals surface area contributed by atoms with Crippen molar-refractivity contribution < 1.29 is 14.3 Å². The van der Waals surface area contributed by atoms with E-state index in [1.807, 2.05) is 12.1 Å². The maximum absolute atomic E-state index is 12.4. The molecule has 0 unspecified atom stereocenters. The molecule has 3 aromatic rings. The fourth-order valence-corrected chi connectivity index (χ4v) is 2.55. The molecule has 1 amide bonds. The molecule has 0 atom stereocenters. The molecule has 2 aromatic heterocycles. The third-order valence-corrected chi connectivity index (χ3v) is 3.88. The Kier molecular flexibility index (Phi) is 4.78. The van der Waals surface area contributed by atoms with Gasteiger partial charge in [0.2, 0.25) is 0 Å². The van der Waals surface area contributed by atoms with Crippen LogP contribution < -0.4 is 20.1 Å². The van der Waals surface area contributed by atoms with Gasteiger partial charge in [-0.25, -0.2) is 9.97 Å². The molecule has 1 aliphatic rings. The van der Waals surface area contributed by atoms with Crippen LogP contribution in [0.1, 0.15) is 16.1 Å². The van der Waals surface area contributed by atoms with E-state index < -0.39 is 0 Å². The Morgan fingerprint density at radius 3 is 2.70 bits per heavy atom. The Bertz CT molecular complexity index is 932. The van der Waals surface area contributed by atoms with E-state index in [-0.39, 0.29) is 11.6 Å². The lowest BCUT2D eigenvalue weighted by molar-refractivity contribution is 0.102. The SMILES string of the molecule is O=C(Nc1ccc2c(c1)OCCO2)c1cnc(NCc2cccnc2)cn1. The number of ether oxygens (including phenoxy) is 2. The third kappa shape index (κ3) is 4.12. The van der Waals surface area contributed by atoms with Gasteiger partial charge in [0.25, 0.3) is 5.91 Å². The van der Waals surface area contributed by atoms with Gasteiger partial charge < -0.3 is 20.1 Å². The standard InChI is InChI=1S/C19H17N5O3/c25-19(24-14-3-4-16-17(8-14)27-7-6-26-16)15-11-23-18(12-21-15)22-10-13-2-1-5-20-9-13/h1-5,8-9,11-12H,6-7,10H2,(H,22,23)(H,24,25). The highest BCUT2D eigenvalue weighted by molar-refractivity contribution is 6.02. The first-order valence-electron chi connectivity index (χ1n) is 8.44. The first-order chi connectivity index (χ1) is 13.3. The number of nitrogens with zero attached hydrogens (tertiary/aromatic N) is 3. The summed E-state index contributed by atoms with van der Waals surface area (Å²) in [5.41, 5.74) is 1.85. The van der Waals surface area contributed by atoms with Crippen molar-refractivity contribution in [1.29, 1.82) is 0 Å². The Balaban J connectivity index is 1.37. The summed E-state index contributed by atoms with van der Waals surface area (Å²) in [6.07, 6.45) is 6.45. The molecule has 4 rings (SSSR count). The third-order valence-electron chi connectivity index (χ3n) is 3.88. The largest absolute Gasteiger partial charge is 0.486 e. The fourth-order valence-electron chi connectivity index (χ4n) is 2.55. The highest BCUT2D eigenvalue weighted by atomic mass is 16.6. The van der Waals surface area contributed by atoms with Crippen LogP contribution in [0, 0.1) is 0 Å². The van der Waals surface area contributed by atoms with Gasteiger partial charge in [-0.15, -0.1) is 0 Å². The van der Waals surface area contributed by atoms with E-state index >= 15 is 0 Å². The monoisotopic (exact) mass is 363 g/mol. The summed E-state index contributed by atoms with van der Waals surface area (Å²) < 4.78 is 11.0. The fraction of sp³-hybridized carbons (Fsp3) is 0.158. The van der Waals surface area contributed by atoms with Crippen LogP contribution in [0.2, 0.25) is 0 Å². The van der Waals surface area contributed by atoms with Crippen molar-refractivity contribution in [1.82, 2.24) is 15.0 Å². The number of anilines is 2. The lowest BCUT2D eigenvalue weighted by atomic mass is 10.2. The average molecular weight is 363 g/mol. The molecular formula is C19H17N5O3. The highest BCUT2D eigenvalue weighted by Gasteiger charge is 2.14. The summed E-state index contributed by atoms with van der Waals surface area (Å²) in [6.45, 7) is 1.59. The topological polar surface area (TPSA) is 98.3 Å². The number of amides is 1. The Morgan fingerprint density at radius 2 is 1.93 bits per heavy atom. The second-order valence-corrected chi connectivity index (χ2v) is 5.81. The van der Waals surface area contributed by atoms with Crippen molar-refractivity contribution in [2.75, 3.05) is 23.8 Å². The molecule has 8 nitrogen and oxygen atoms in total. The van der Waals surface area contributed by atoms with Crippen LogP contribution in [-0.4, -0.2) is 34.1 Å². The zero-order chi connectivity index (χ0) is 18.5. The molecule has 8 heteroatoms. The molecule has 0 spiro atoms. The summed E-state index contributed by atoms with van der Waals surface area (Å²) in [7, 11) is 0. The normalized spacial score (nSPS) is 12.3. The maximum atomic E-state index is 12.4. The minimum atomic E-state index is -0.349. The number of aromatic nitrogens is 3. The maximum Gasteiger partial charge on any atom is 0.275 e. The molecule has 1 aliphatic heterocycles. The number of carbonyl (C=O) groups is 1. The number of hydrogen-bond donors (Lipinski definition) is 2. The first kappa shape index (κ1) is 16.8. The van der Waals surface area contributed by atoms with Crippen LogP contribution in [0.15, 0.2) is 55.1 Å². The summed E-state index contributed by atoms with van der Waals surface area (Å²) in [6, 6.07) is 9.07. The van der Waals surface area contributed by atoms with Gasteiger partial charge in [0.1, 0.15) is 24.7 Å². The Labute approximate surface area is 155 Å². The molecule has 136 valence electrons. The van der Waals surface area contributed by atoms with Gasteiger partial charge in [-0.05, 0) is 23.8 Å². The van der Waals surface area contributed by atoms with Gasteiger partial charge in [0.15, 0.2) is 11.5 Å². The van der Waals surface area contributed by atoms with Gasteiger partial charge in [-0.1, -0.05) is 6.07 Å². The number of fused-ring (bicyclic) bond motifs is 1. The molecule has 0 aliphatic carbocycles. The van der Waals surface area contributed by atoms with E-state index in [0.29, 0.717) is 42.8 Å². The minimum Gasteiger partial charge on any atom is -0.486 e. The van der Waals surface area contributed by atoms with Gasteiger partial charge in [0.05, 0.1) is 12.4 Å². The summed E-state index contributed by atoms with van der Waals surface area (Å²) in [5.74, 6) is 1.51. The van der Waals surface area contributed by atoms with Crippen LogP contribution in [-0.2, 0) is 6.54 Å². The van der Waals surface area contributed by atoms with Crippen molar-refractivity contribution in [2.45, 2.75) is 6.54 Å². The molecule has 27 heavy (non-hydrogen) atoms. The summed E-state index contributed by atoms with van der Waals surface area (Å²) in [4.78, 5) is 24.8. The Morgan fingerprint density at radius 1 is 1.04 bits per heavy atom. The number of pyridine rings is 1. The summed E-state index contributed by atoms with van der Waals surface area (Å²) >= 11 is 0. The van der Waals surface area contributed by atoms with E-state index in [1.165, 1.54) is 12.4 Å². The van der Waals surface area contributed by atoms with E-state index in [9.17, 15) is 4.79 Å². The van der Waals surface area contributed by atoms with Gasteiger partial charge in [-0.2, -0.15) is 0 Å². The van der Waals surface area contributed by atoms with Crippen molar-refractivity contribution >= 4 is 17.4 Å². The number of nitrogens with one attached hydrogen (secondary N) is 2. The molecule has 0 saturated heterocycles. The molecular weight excluding hydrogens is 346 g/mol. The quantitative estimate of drug-likeness (QED) is 0.719. The minimum absolute atomic E-state index is 0.219. The Hall–Kier alpha value is -3.68. The molecule has 3 heterocycles. The number of hydrogen-bond acceptors (Lipinski definition) is 7. The molecule has 1 aromatic carbocycles. The van der Waals surface area contributed by atoms with E-state index in [0.717, 1.165) is 5.56 Å². The van der Waals surface area contributed by atoms with Crippen molar-refractivity contribution in [3.8, 4) is 11.5 Å². The van der Waals surface area contributed by atoms with E-state index in [4.69, 9.17) is 9.47 Å². The average Bonchev–Trinajstić information content (AvgIpc) is 2.73. The molecule has 0 saturated carbocycles. The number of benzene rings is 1. The zero-order valence-corrected chi connectivity index (χ0v) is 14.4. The van der Waals surface area contributed by atoms with E-state index in [1.54, 1.807) is 30.6 Å². The smallest absolute Gasteiger partial charge is 0.275 e. The van der Waals surface area contributed by atoms with Crippen LogP contribution in [0.5, 0.6) is 11.5 Å².